The molecule has 1 saturated carbocycles. The summed E-state index contributed by atoms with van der Waals surface area (Å²) in [6.07, 6.45) is 11.7. The molecule has 1 atom stereocenters. The third kappa shape index (κ3) is 6.06. The van der Waals surface area contributed by atoms with E-state index in [0.29, 0.717) is 23.9 Å². The highest BCUT2D eigenvalue weighted by molar-refractivity contribution is 5.94. The Morgan fingerprint density at radius 3 is 2.44 bits per heavy atom. The molecular formula is C31H44N6O2. The van der Waals surface area contributed by atoms with Crippen molar-refractivity contribution in [3.05, 3.63) is 47.8 Å². The zero-order valence-corrected chi connectivity index (χ0v) is 23.9. The third-order valence-corrected chi connectivity index (χ3v) is 8.61. The summed E-state index contributed by atoms with van der Waals surface area (Å²) in [7, 11) is 4.01. The van der Waals surface area contributed by atoms with E-state index in [1.54, 1.807) is 0 Å². The summed E-state index contributed by atoms with van der Waals surface area (Å²) in [6.45, 7) is 5.86. The predicted molar refractivity (Wildman–Crippen MR) is 158 cm³/mol. The number of likely N-dealkylation sites (tertiary alicyclic amines) is 1. The number of hydrogen-bond acceptors (Lipinski definition) is 6. The maximum Gasteiger partial charge on any atom is 0.253 e. The number of aromatic nitrogens is 3. The summed E-state index contributed by atoms with van der Waals surface area (Å²) in [5, 5.41) is 14.7. The minimum absolute atomic E-state index is 0.113. The van der Waals surface area contributed by atoms with Gasteiger partial charge in [-0.3, -0.25) is 4.79 Å². The molecule has 210 valence electrons. The molecular weight excluding hydrogens is 488 g/mol. The van der Waals surface area contributed by atoms with Crippen LogP contribution in [0.1, 0.15) is 93.1 Å². The van der Waals surface area contributed by atoms with E-state index in [-0.39, 0.29) is 12.0 Å². The Morgan fingerprint density at radius 1 is 1.10 bits per heavy atom. The van der Waals surface area contributed by atoms with Gasteiger partial charge in [-0.1, -0.05) is 13.3 Å². The highest BCUT2D eigenvalue weighted by Gasteiger charge is 2.30. The number of benzene rings is 1. The van der Waals surface area contributed by atoms with Crippen LogP contribution in [0.15, 0.2) is 36.7 Å². The minimum Gasteiger partial charge on any atom is -0.393 e. The number of carbonyl (C=O) groups is 1. The van der Waals surface area contributed by atoms with Crippen LogP contribution in [0.3, 0.4) is 0 Å². The average Bonchev–Trinajstić information content (AvgIpc) is 3.32. The summed E-state index contributed by atoms with van der Waals surface area (Å²) in [5.74, 6) is 1.16. The number of piperidine rings is 1. The molecule has 0 bridgehead atoms. The largest absolute Gasteiger partial charge is 0.393 e. The molecule has 1 aromatic carbocycles. The standard InChI is InChI=1S/C31H44N6O2/c1-5-6-21(2)33-31-32-19-27-28(20-37(29(27)34-31)25-11-13-26(38)14-12-25)22-15-17-36(18-16-22)30(39)23-7-9-24(10-8-23)35(3)4/h7-10,19-22,25-26,38H,5-6,11-18H2,1-4H3,(H,32,33,34)/t21-,25?,26?/m0/s1. The Bertz CT molecular complexity index is 1250. The Kier molecular flexibility index (Phi) is 8.40. The minimum atomic E-state index is -0.190. The normalized spacial score (nSPS) is 21.2. The van der Waals surface area contributed by atoms with Gasteiger partial charge in [0.25, 0.3) is 5.91 Å². The van der Waals surface area contributed by atoms with Crippen LogP contribution in [0.25, 0.3) is 11.0 Å². The lowest BCUT2D eigenvalue weighted by Crippen LogP contribution is -2.37. The van der Waals surface area contributed by atoms with Crippen LogP contribution in [0, 0.1) is 0 Å². The van der Waals surface area contributed by atoms with Gasteiger partial charge < -0.3 is 24.8 Å². The van der Waals surface area contributed by atoms with Gasteiger partial charge in [-0.25, -0.2) is 4.98 Å². The summed E-state index contributed by atoms with van der Waals surface area (Å²) < 4.78 is 2.36. The number of aliphatic hydroxyl groups excluding tert-OH is 1. The van der Waals surface area contributed by atoms with Crippen molar-refractivity contribution in [2.75, 3.05) is 37.4 Å². The van der Waals surface area contributed by atoms with E-state index in [2.05, 4.69) is 29.9 Å². The van der Waals surface area contributed by atoms with Crippen molar-refractivity contribution >= 4 is 28.6 Å². The van der Waals surface area contributed by atoms with Gasteiger partial charge in [0, 0.05) is 68.3 Å². The van der Waals surface area contributed by atoms with Crippen molar-refractivity contribution in [2.45, 2.75) is 89.3 Å². The second-order valence-corrected chi connectivity index (χ2v) is 11.7. The maximum absolute atomic E-state index is 13.2. The molecule has 8 heteroatoms. The molecule has 3 heterocycles. The summed E-state index contributed by atoms with van der Waals surface area (Å²) in [5.41, 5.74) is 4.13. The van der Waals surface area contributed by atoms with Crippen molar-refractivity contribution in [3.8, 4) is 0 Å². The first-order valence-electron chi connectivity index (χ1n) is 14.7. The SMILES string of the molecule is CCC[C@H](C)Nc1ncc2c(C3CCN(C(=O)c4ccc(N(C)C)cc4)CC3)cn(C3CCC(O)CC3)c2n1. The van der Waals surface area contributed by atoms with Crippen LogP contribution in [-0.2, 0) is 0 Å². The number of rotatable bonds is 8. The van der Waals surface area contributed by atoms with E-state index >= 15 is 0 Å². The molecule has 0 spiro atoms. The van der Waals surface area contributed by atoms with E-state index in [4.69, 9.17) is 9.97 Å². The third-order valence-electron chi connectivity index (χ3n) is 8.61. The van der Waals surface area contributed by atoms with E-state index in [1.165, 1.54) is 5.56 Å². The summed E-state index contributed by atoms with van der Waals surface area (Å²) in [4.78, 5) is 27.0. The molecule has 2 aliphatic rings. The first-order valence-corrected chi connectivity index (χ1v) is 14.7. The monoisotopic (exact) mass is 532 g/mol. The first-order chi connectivity index (χ1) is 18.8. The van der Waals surface area contributed by atoms with Gasteiger partial charge in [-0.15, -0.1) is 0 Å². The van der Waals surface area contributed by atoms with Crippen LogP contribution in [0.2, 0.25) is 0 Å². The van der Waals surface area contributed by atoms with E-state index < -0.39 is 0 Å². The summed E-state index contributed by atoms with van der Waals surface area (Å²) >= 11 is 0. The molecule has 8 nitrogen and oxygen atoms in total. The van der Waals surface area contributed by atoms with Crippen molar-refractivity contribution in [3.63, 3.8) is 0 Å². The van der Waals surface area contributed by atoms with Gasteiger partial charge in [-0.05, 0) is 87.6 Å². The topological polar surface area (TPSA) is 86.5 Å². The van der Waals surface area contributed by atoms with Crippen molar-refractivity contribution in [1.82, 2.24) is 19.4 Å². The Morgan fingerprint density at radius 2 is 1.79 bits per heavy atom. The predicted octanol–water partition coefficient (Wildman–Crippen LogP) is 5.59. The van der Waals surface area contributed by atoms with E-state index in [9.17, 15) is 9.90 Å². The number of hydrogen-bond donors (Lipinski definition) is 2. The van der Waals surface area contributed by atoms with Crippen LogP contribution in [-0.4, -0.2) is 69.8 Å². The highest BCUT2D eigenvalue weighted by Crippen LogP contribution is 2.38. The lowest BCUT2D eigenvalue weighted by molar-refractivity contribution is 0.0713. The molecule has 2 N–H and O–H groups in total. The van der Waals surface area contributed by atoms with Crippen molar-refractivity contribution < 1.29 is 9.90 Å². The van der Waals surface area contributed by atoms with Crippen LogP contribution < -0.4 is 10.2 Å². The number of nitrogens with one attached hydrogen (secondary N) is 1. The van der Waals surface area contributed by atoms with E-state index in [0.717, 1.165) is 86.7 Å². The van der Waals surface area contributed by atoms with Crippen LogP contribution in [0.4, 0.5) is 11.6 Å². The van der Waals surface area contributed by atoms with Gasteiger partial charge in [0.2, 0.25) is 5.95 Å². The van der Waals surface area contributed by atoms with Crippen LogP contribution in [0.5, 0.6) is 0 Å². The van der Waals surface area contributed by atoms with Crippen molar-refractivity contribution in [1.29, 1.82) is 0 Å². The molecule has 0 radical (unpaired) electrons. The first kappa shape index (κ1) is 27.4. The number of aliphatic hydroxyl groups is 1. The fraction of sp³-hybridized carbons (Fsp3) is 0.581. The number of anilines is 2. The number of nitrogens with zero attached hydrogens (tertiary/aromatic N) is 5. The lowest BCUT2D eigenvalue weighted by atomic mass is 9.89. The lowest BCUT2D eigenvalue weighted by Gasteiger charge is -2.32. The Labute approximate surface area is 232 Å². The number of amides is 1. The molecule has 0 unspecified atom stereocenters. The summed E-state index contributed by atoms with van der Waals surface area (Å²) in [6, 6.07) is 8.54. The smallest absolute Gasteiger partial charge is 0.253 e. The van der Waals surface area contributed by atoms with Crippen molar-refractivity contribution in [2.24, 2.45) is 0 Å². The fourth-order valence-corrected chi connectivity index (χ4v) is 6.27. The van der Waals surface area contributed by atoms with Gasteiger partial charge in [0.1, 0.15) is 5.65 Å². The van der Waals surface area contributed by atoms with Gasteiger partial charge in [0.05, 0.1) is 6.10 Å². The van der Waals surface area contributed by atoms with Gasteiger partial charge >= 0.3 is 0 Å². The molecule has 3 aromatic rings. The van der Waals surface area contributed by atoms with Gasteiger partial charge in [0.15, 0.2) is 0 Å². The number of fused-ring (bicyclic) bond motifs is 1. The average molecular weight is 533 g/mol. The van der Waals surface area contributed by atoms with Gasteiger partial charge in [-0.2, -0.15) is 4.98 Å². The molecule has 1 saturated heterocycles. The second-order valence-electron chi connectivity index (χ2n) is 11.7. The molecule has 5 rings (SSSR count). The molecule has 2 aromatic heterocycles. The maximum atomic E-state index is 13.2. The highest BCUT2D eigenvalue weighted by atomic mass is 16.3. The zero-order chi connectivity index (χ0) is 27.5. The Balaban J connectivity index is 1.35. The zero-order valence-electron chi connectivity index (χ0n) is 23.9. The molecule has 1 amide bonds. The molecule has 2 fully saturated rings. The Hall–Kier alpha value is -3.13. The van der Waals surface area contributed by atoms with Crippen LogP contribution >= 0.6 is 0 Å². The molecule has 39 heavy (non-hydrogen) atoms. The molecule has 1 aliphatic heterocycles. The number of carbonyl (C=O) groups excluding carboxylic acids is 1. The fourth-order valence-electron chi connectivity index (χ4n) is 6.27. The second kappa shape index (κ2) is 11.9. The quantitative estimate of drug-likeness (QED) is 0.393. The van der Waals surface area contributed by atoms with E-state index in [1.807, 2.05) is 54.4 Å². The molecule has 1 aliphatic carbocycles.